The van der Waals surface area contributed by atoms with E-state index < -0.39 is 0 Å². The molecular weight excluding hydrogens is 176 g/mol. The number of nitrogens with one attached hydrogen (secondary N) is 2. The van der Waals surface area contributed by atoms with E-state index in [1.807, 2.05) is 6.08 Å². The van der Waals surface area contributed by atoms with Crippen LogP contribution in [0.4, 0.5) is 0 Å². The van der Waals surface area contributed by atoms with Gasteiger partial charge in [0, 0.05) is 17.9 Å². The monoisotopic (exact) mass is 200 g/mol. The standard InChI is InChI=1S/C10H24N2Si/c1-6-7-13-10(11-8(2)3)12-9(4)5/h6,8-12H,1,7,13H2,2-5H3. The predicted molar refractivity (Wildman–Crippen MR) is 63.9 cm³/mol. The molecule has 0 heterocycles. The van der Waals surface area contributed by atoms with Crippen LogP contribution in [0.1, 0.15) is 27.7 Å². The van der Waals surface area contributed by atoms with E-state index in [0.29, 0.717) is 17.9 Å². The molecule has 13 heavy (non-hydrogen) atoms. The molecule has 0 aliphatic carbocycles. The highest BCUT2D eigenvalue weighted by Gasteiger charge is 2.09. The van der Waals surface area contributed by atoms with Crippen molar-refractivity contribution < 1.29 is 0 Å². The summed E-state index contributed by atoms with van der Waals surface area (Å²) in [7, 11) is -0.101. The lowest BCUT2D eigenvalue weighted by molar-refractivity contribution is 0.448. The highest BCUT2D eigenvalue weighted by molar-refractivity contribution is 6.38. The Bertz CT molecular complexity index is 125. The van der Waals surface area contributed by atoms with Crippen LogP contribution in [0.5, 0.6) is 0 Å². The van der Waals surface area contributed by atoms with Crippen molar-refractivity contribution in [2.75, 3.05) is 0 Å². The van der Waals surface area contributed by atoms with E-state index in [2.05, 4.69) is 44.9 Å². The Morgan fingerprint density at radius 3 is 1.92 bits per heavy atom. The van der Waals surface area contributed by atoms with Gasteiger partial charge in [0.15, 0.2) is 0 Å². The third kappa shape index (κ3) is 8.21. The van der Waals surface area contributed by atoms with E-state index in [4.69, 9.17) is 0 Å². The molecule has 2 N–H and O–H groups in total. The average molecular weight is 200 g/mol. The quantitative estimate of drug-likeness (QED) is 0.364. The molecule has 0 aromatic heterocycles. The van der Waals surface area contributed by atoms with E-state index in [0.717, 1.165) is 0 Å². The van der Waals surface area contributed by atoms with Crippen molar-refractivity contribution in [2.24, 2.45) is 0 Å². The normalized spacial score (nSPS) is 12.5. The van der Waals surface area contributed by atoms with Crippen LogP contribution in [0.25, 0.3) is 0 Å². The van der Waals surface area contributed by atoms with E-state index in [1.165, 1.54) is 6.04 Å². The summed E-state index contributed by atoms with van der Waals surface area (Å²) in [6.07, 6.45) is 2.03. The molecule has 0 aliphatic rings. The van der Waals surface area contributed by atoms with Crippen molar-refractivity contribution in [1.29, 1.82) is 0 Å². The lowest BCUT2D eigenvalue weighted by Gasteiger charge is -2.24. The highest BCUT2D eigenvalue weighted by Crippen LogP contribution is 1.90. The zero-order valence-corrected chi connectivity index (χ0v) is 10.8. The fourth-order valence-electron chi connectivity index (χ4n) is 1.30. The zero-order valence-electron chi connectivity index (χ0n) is 9.43. The maximum Gasteiger partial charge on any atom is 0.0624 e. The second-order valence-corrected chi connectivity index (χ2v) is 6.03. The third-order valence-corrected chi connectivity index (χ3v) is 3.52. The van der Waals surface area contributed by atoms with Gasteiger partial charge in [0.05, 0.1) is 9.52 Å². The second kappa shape index (κ2) is 7.30. The van der Waals surface area contributed by atoms with Crippen LogP contribution in [0.3, 0.4) is 0 Å². The molecule has 2 nitrogen and oxygen atoms in total. The first-order chi connectivity index (χ1) is 6.06. The maximum absolute atomic E-state index is 3.77. The third-order valence-electron chi connectivity index (χ3n) is 1.73. The average Bonchev–Trinajstić information content (AvgIpc) is 1.98. The number of rotatable bonds is 7. The molecule has 0 rings (SSSR count). The molecule has 0 amide bonds. The molecule has 78 valence electrons. The Balaban J connectivity index is 3.79. The Labute approximate surface area is 85.0 Å². The molecule has 0 saturated heterocycles. The first kappa shape index (κ1) is 12.9. The lowest BCUT2D eigenvalue weighted by Crippen LogP contribution is -2.51. The Morgan fingerprint density at radius 2 is 1.62 bits per heavy atom. The van der Waals surface area contributed by atoms with E-state index in [1.54, 1.807) is 0 Å². The Morgan fingerprint density at radius 1 is 1.15 bits per heavy atom. The van der Waals surface area contributed by atoms with Crippen molar-refractivity contribution in [3.05, 3.63) is 12.7 Å². The molecule has 0 radical (unpaired) electrons. The first-order valence-electron chi connectivity index (χ1n) is 5.19. The van der Waals surface area contributed by atoms with E-state index >= 15 is 0 Å². The van der Waals surface area contributed by atoms with E-state index in [9.17, 15) is 0 Å². The minimum absolute atomic E-state index is 0.101. The van der Waals surface area contributed by atoms with Crippen LogP contribution in [0.2, 0.25) is 6.04 Å². The summed E-state index contributed by atoms with van der Waals surface area (Å²) in [4.78, 5) is 0. The summed E-state index contributed by atoms with van der Waals surface area (Å²) < 4.78 is 0. The minimum Gasteiger partial charge on any atom is -0.303 e. The van der Waals surface area contributed by atoms with Gasteiger partial charge in [-0.15, -0.1) is 6.58 Å². The summed E-state index contributed by atoms with van der Waals surface area (Å²) >= 11 is 0. The van der Waals surface area contributed by atoms with Crippen LogP contribution in [-0.4, -0.2) is 27.4 Å². The number of allylic oxidation sites excluding steroid dienone is 1. The van der Waals surface area contributed by atoms with Gasteiger partial charge in [-0.05, 0) is 33.7 Å². The van der Waals surface area contributed by atoms with Gasteiger partial charge in [0.2, 0.25) is 0 Å². The highest BCUT2D eigenvalue weighted by atomic mass is 28.2. The van der Waals surface area contributed by atoms with Crippen LogP contribution >= 0.6 is 0 Å². The fraction of sp³-hybridized carbons (Fsp3) is 0.800. The van der Waals surface area contributed by atoms with Gasteiger partial charge in [-0.2, -0.15) is 0 Å². The molecule has 3 heteroatoms. The molecule has 0 fully saturated rings. The fourth-order valence-corrected chi connectivity index (χ4v) is 3.15. The van der Waals surface area contributed by atoms with Gasteiger partial charge in [0.1, 0.15) is 0 Å². The first-order valence-corrected chi connectivity index (χ1v) is 7.01. The summed E-state index contributed by atoms with van der Waals surface area (Å²) in [5.41, 5.74) is 0. The van der Waals surface area contributed by atoms with Crippen molar-refractivity contribution in [3.63, 3.8) is 0 Å². The molecule has 0 spiro atoms. The van der Waals surface area contributed by atoms with E-state index in [-0.39, 0.29) is 9.52 Å². The maximum atomic E-state index is 3.77. The molecule has 0 unspecified atom stereocenters. The molecule has 0 aromatic carbocycles. The second-order valence-electron chi connectivity index (χ2n) is 4.06. The number of hydrogen-bond donors (Lipinski definition) is 2. The lowest BCUT2D eigenvalue weighted by atomic mass is 10.4. The summed E-state index contributed by atoms with van der Waals surface area (Å²) in [6, 6.07) is 2.33. The van der Waals surface area contributed by atoms with Gasteiger partial charge in [-0.25, -0.2) is 0 Å². The van der Waals surface area contributed by atoms with Gasteiger partial charge in [0.25, 0.3) is 0 Å². The van der Waals surface area contributed by atoms with Crippen LogP contribution in [0, 0.1) is 0 Å². The van der Waals surface area contributed by atoms with Crippen molar-refractivity contribution in [3.8, 4) is 0 Å². The topological polar surface area (TPSA) is 24.1 Å². The van der Waals surface area contributed by atoms with Crippen LogP contribution in [-0.2, 0) is 0 Å². The molecule has 0 atom stereocenters. The SMILES string of the molecule is C=CC[SiH2]C(NC(C)C)NC(C)C. The minimum atomic E-state index is -0.101. The molecule has 0 aliphatic heterocycles. The Kier molecular flexibility index (Phi) is 7.23. The molecule has 0 bridgehead atoms. The van der Waals surface area contributed by atoms with Gasteiger partial charge >= 0.3 is 0 Å². The zero-order chi connectivity index (χ0) is 10.3. The molecule has 0 aromatic rings. The largest absolute Gasteiger partial charge is 0.303 e. The van der Waals surface area contributed by atoms with Crippen molar-refractivity contribution in [1.82, 2.24) is 10.6 Å². The van der Waals surface area contributed by atoms with Gasteiger partial charge in [-0.1, -0.05) is 6.08 Å². The number of hydrogen-bond acceptors (Lipinski definition) is 2. The van der Waals surface area contributed by atoms with Crippen molar-refractivity contribution >= 4 is 9.52 Å². The summed E-state index contributed by atoms with van der Waals surface area (Å²) in [5.74, 6) is 0.554. The van der Waals surface area contributed by atoms with Crippen LogP contribution < -0.4 is 10.6 Å². The van der Waals surface area contributed by atoms with Gasteiger partial charge < -0.3 is 10.6 Å². The van der Waals surface area contributed by atoms with Gasteiger partial charge in [-0.3, -0.25) is 0 Å². The predicted octanol–water partition coefficient (Wildman–Crippen LogP) is 1.04. The molecule has 0 saturated carbocycles. The summed E-state index contributed by atoms with van der Waals surface area (Å²) in [6.45, 7) is 12.5. The Hall–Kier alpha value is -0.123. The van der Waals surface area contributed by atoms with Crippen molar-refractivity contribution in [2.45, 2.75) is 51.6 Å². The summed E-state index contributed by atoms with van der Waals surface area (Å²) in [5, 5.41) is 7.10. The smallest absolute Gasteiger partial charge is 0.0624 e. The van der Waals surface area contributed by atoms with Crippen LogP contribution in [0.15, 0.2) is 12.7 Å². The molecular formula is C10H24N2Si.